The van der Waals surface area contributed by atoms with Gasteiger partial charge >= 0.3 is 0 Å². The molecule has 0 unspecified atom stereocenters. The molecule has 1 aliphatic rings. The van der Waals surface area contributed by atoms with Crippen LogP contribution in [0.3, 0.4) is 0 Å². The van der Waals surface area contributed by atoms with Gasteiger partial charge in [0.1, 0.15) is 17.2 Å². The summed E-state index contributed by atoms with van der Waals surface area (Å²) >= 11 is 0. The van der Waals surface area contributed by atoms with Crippen molar-refractivity contribution < 1.29 is 14.6 Å². The van der Waals surface area contributed by atoms with Gasteiger partial charge in [0.15, 0.2) is 0 Å². The zero-order valence-electron chi connectivity index (χ0n) is 10.7. The average molecular weight is 264 g/mol. The largest absolute Gasteiger partial charge is 0.508 e. The smallest absolute Gasteiger partial charge is 0.230 e. The van der Waals surface area contributed by atoms with Crippen LogP contribution in [0, 0.1) is 0 Å². The third-order valence-corrected chi connectivity index (χ3v) is 3.55. The van der Waals surface area contributed by atoms with Crippen LogP contribution in [0.2, 0.25) is 0 Å². The fourth-order valence-corrected chi connectivity index (χ4v) is 2.62. The minimum absolute atomic E-state index is 0.136. The van der Waals surface area contributed by atoms with Crippen LogP contribution in [0.4, 0.5) is 0 Å². The molecule has 1 heterocycles. The van der Waals surface area contributed by atoms with Crippen LogP contribution >= 0.6 is 0 Å². The van der Waals surface area contributed by atoms with Crippen molar-refractivity contribution in [1.82, 2.24) is 0 Å². The monoisotopic (exact) mass is 264 g/mol. The summed E-state index contributed by atoms with van der Waals surface area (Å²) in [6.45, 7) is 0.136. The minimum Gasteiger partial charge on any atom is -0.508 e. The Morgan fingerprint density at radius 2 is 1.70 bits per heavy atom. The lowest BCUT2D eigenvalue weighted by Crippen LogP contribution is -2.03. The zero-order chi connectivity index (χ0) is 13.5. The Morgan fingerprint density at radius 3 is 2.65 bits per heavy atom. The van der Waals surface area contributed by atoms with E-state index < -0.39 is 0 Å². The van der Waals surface area contributed by atoms with Crippen LogP contribution in [0.1, 0.15) is 0 Å². The molecule has 0 bridgehead atoms. The number of fused-ring (bicyclic) bond motifs is 5. The van der Waals surface area contributed by atoms with Gasteiger partial charge < -0.3 is 14.6 Å². The van der Waals surface area contributed by atoms with Crippen molar-refractivity contribution in [2.24, 2.45) is 0 Å². The Hall–Kier alpha value is -2.68. The number of phenolic OH excluding ortho intramolecular Hbond substituents is 1. The third kappa shape index (κ3) is 1.60. The fraction of sp³-hybridized carbons (Fsp3) is 0.0588. The van der Waals surface area contributed by atoms with Gasteiger partial charge in [0.25, 0.3) is 0 Å². The maximum atomic E-state index is 9.58. The van der Waals surface area contributed by atoms with Crippen molar-refractivity contribution in [3.8, 4) is 28.4 Å². The molecule has 98 valence electrons. The molecule has 3 nitrogen and oxygen atoms in total. The Kier molecular flexibility index (Phi) is 2.33. The van der Waals surface area contributed by atoms with Crippen molar-refractivity contribution in [2.45, 2.75) is 0 Å². The maximum Gasteiger partial charge on any atom is 0.230 e. The molecule has 3 aromatic rings. The number of hydrogen-bond donors (Lipinski definition) is 1. The number of benzene rings is 3. The van der Waals surface area contributed by atoms with E-state index in [1.807, 2.05) is 30.3 Å². The Labute approximate surface area is 116 Å². The lowest BCUT2D eigenvalue weighted by molar-refractivity contribution is 0.126. The summed E-state index contributed by atoms with van der Waals surface area (Å²) in [5.74, 6) is 1.65. The lowest BCUT2D eigenvalue weighted by atomic mass is 9.99. The minimum atomic E-state index is 0.136. The summed E-state index contributed by atoms with van der Waals surface area (Å²) in [5, 5.41) is 11.8. The molecular weight excluding hydrogens is 252 g/mol. The van der Waals surface area contributed by atoms with Gasteiger partial charge in [0.05, 0.1) is 0 Å². The SMILES string of the molecule is Oc1ccc2c(c1)OCOc1c-2ccc2ccccc12. The second kappa shape index (κ2) is 4.17. The molecule has 0 radical (unpaired) electrons. The summed E-state index contributed by atoms with van der Waals surface area (Å²) in [4.78, 5) is 0. The first kappa shape index (κ1) is 11.2. The Bertz CT molecular complexity index is 808. The third-order valence-electron chi connectivity index (χ3n) is 3.55. The van der Waals surface area contributed by atoms with Crippen LogP contribution in [0.25, 0.3) is 21.9 Å². The van der Waals surface area contributed by atoms with Crippen molar-refractivity contribution in [3.63, 3.8) is 0 Å². The molecule has 0 saturated heterocycles. The number of rotatable bonds is 0. The molecule has 3 aromatic carbocycles. The van der Waals surface area contributed by atoms with Crippen LogP contribution < -0.4 is 9.47 Å². The fourth-order valence-electron chi connectivity index (χ4n) is 2.62. The number of aromatic hydroxyl groups is 1. The van der Waals surface area contributed by atoms with Gasteiger partial charge in [-0.15, -0.1) is 0 Å². The zero-order valence-corrected chi connectivity index (χ0v) is 10.7. The van der Waals surface area contributed by atoms with Gasteiger partial charge in [0.2, 0.25) is 6.79 Å². The topological polar surface area (TPSA) is 38.7 Å². The highest BCUT2D eigenvalue weighted by atomic mass is 16.7. The number of hydrogen-bond acceptors (Lipinski definition) is 3. The Balaban J connectivity index is 2.05. The normalized spacial score (nSPS) is 12.8. The molecule has 1 N–H and O–H groups in total. The van der Waals surface area contributed by atoms with Gasteiger partial charge in [-0.1, -0.05) is 30.3 Å². The number of phenols is 1. The summed E-state index contributed by atoms with van der Waals surface area (Å²) in [6.07, 6.45) is 0. The van der Waals surface area contributed by atoms with Crippen molar-refractivity contribution in [1.29, 1.82) is 0 Å². The summed E-state index contributed by atoms with van der Waals surface area (Å²) < 4.78 is 11.4. The number of ether oxygens (including phenoxy) is 2. The quantitative estimate of drug-likeness (QED) is 0.668. The van der Waals surface area contributed by atoms with E-state index in [-0.39, 0.29) is 12.5 Å². The maximum absolute atomic E-state index is 9.58. The first-order valence-electron chi connectivity index (χ1n) is 6.44. The van der Waals surface area contributed by atoms with Gasteiger partial charge in [-0.05, 0) is 23.6 Å². The van der Waals surface area contributed by atoms with Crippen molar-refractivity contribution >= 4 is 10.8 Å². The summed E-state index contributed by atoms with van der Waals surface area (Å²) in [7, 11) is 0. The van der Waals surface area contributed by atoms with Gasteiger partial charge in [0, 0.05) is 22.6 Å². The van der Waals surface area contributed by atoms with E-state index >= 15 is 0 Å². The first-order chi connectivity index (χ1) is 9.83. The molecule has 0 fully saturated rings. The Morgan fingerprint density at radius 1 is 0.850 bits per heavy atom. The molecule has 0 aliphatic carbocycles. The molecular formula is C17H12O3. The molecule has 20 heavy (non-hydrogen) atoms. The van der Waals surface area contributed by atoms with E-state index in [9.17, 15) is 5.11 Å². The van der Waals surface area contributed by atoms with E-state index in [2.05, 4.69) is 12.1 Å². The van der Waals surface area contributed by atoms with Crippen molar-refractivity contribution in [3.05, 3.63) is 54.6 Å². The lowest BCUT2D eigenvalue weighted by Gasteiger charge is -2.10. The van der Waals surface area contributed by atoms with E-state index in [0.29, 0.717) is 5.75 Å². The first-order valence-corrected chi connectivity index (χ1v) is 6.44. The summed E-state index contributed by atoms with van der Waals surface area (Å²) in [5.41, 5.74) is 1.91. The van der Waals surface area contributed by atoms with E-state index in [0.717, 1.165) is 27.6 Å². The molecule has 1 aliphatic heterocycles. The van der Waals surface area contributed by atoms with E-state index in [1.54, 1.807) is 12.1 Å². The predicted octanol–water partition coefficient (Wildman–Crippen LogP) is 3.94. The standard InChI is InChI=1S/C17H12O3/c18-12-6-8-14-15-7-5-11-3-1-2-4-13(11)17(15)20-10-19-16(14)9-12/h1-9,18H,10H2. The van der Waals surface area contributed by atoms with Crippen molar-refractivity contribution in [2.75, 3.05) is 6.79 Å². The second-order valence-corrected chi connectivity index (χ2v) is 4.75. The highest BCUT2D eigenvalue weighted by molar-refractivity contribution is 5.96. The molecule has 0 saturated carbocycles. The molecule has 0 atom stereocenters. The molecule has 0 spiro atoms. The van der Waals surface area contributed by atoms with Crippen LogP contribution in [-0.2, 0) is 0 Å². The van der Waals surface area contributed by atoms with E-state index in [4.69, 9.17) is 9.47 Å². The molecule has 0 aromatic heterocycles. The van der Waals surface area contributed by atoms with Crippen LogP contribution in [0.5, 0.6) is 17.2 Å². The van der Waals surface area contributed by atoms with Gasteiger partial charge in [-0.25, -0.2) is 0 Å². The average Bonchev–Trinajstić information content (AvgIpc) is 2.66. The van der Waals surface area contributed by atoms with Gasteiger partial charge in [-0.2, -0.15) is 0 Å². The molecule has 3 heteroatoms. The predicted molar refractivity (Wildman–Crippen MR) is 77.2 cm³/mol. The molecule has 4 rings (SSSR count). The molecule has 0 amide bonds. The van der Waals surface area contributed by atoms with E-state index in [1.165, 1.54) is 0 Å². The van der Waals surface area contributed by atoms with Gasteiger partial charge in [-0.3, -0.25) is 0 Å². The summed E-state index contributed by atoms with van der Waals surface area (Å²) in [6, 6.07) is 17.3. The van der Waals surface area contributed by atoms with Crippen LogP contribution in [-0.4, -0.2) is 11.9 Å². The highest BCUT2D eigenvalue weighted by Gasteiger charge is 2.18. The second-order valence-electron chi connectivity index (χ2n) is 4.75. The van der Waals surface area contributed by atoms with Crippen LogP contribution in [0.15, 0.2) is 54.6 Å². The highest BCUT2D eigenvalue weighted by Crippen LogP contribution is 2.43.